The van der Waals surface area contributed by atoms with Gasteiger partial charge >= 0.3 is 0 Å². The van der Waals surface area contributed by atoms with Crippen LogP contribution in [0.3, 0.4) is 0 Å². The van der Waals surface area contributed by atoms with Gasteiger partial charge in [0.05, 0.1) is 12.0 Å². The first-order chi connectivity index (χ1) is 9.95. The molecule has 114 valence electrons. The predicted molar refractivity (Wildman–Crippen MR) is 82.7 cm³/mol. The molecule has 0 saturated carbocycles. The number of ether oxygens (including phenoxy) is 1. The standard InChI is InChI=1S/C14H19N3O3S/c1-8-9(2)21-13-12(8)14(19)17(6-4-10(15)18)11(16-13)5-7-20-3/h4-7H2,1-3H3,(H2,15,18). The summed E-state index contributed by atoms with van der Waals surface area (Å²) in [5.41, 5.74) is 6.04. The van der Waals surface area contributed by atoms with E-state index < -0.39 is 5.91 Å². The second-order valence-corrected chi connectivity index (χ2v) is 6.11. The van der Waals surface area contributed by atoms with Crippen LogP contribution in [0.25, 0.3) is 10.2 Å². The van der Waals surface area contributed by atoms with Gasteiger partial charge in [0.2, 0.25) is 5.91 Å². The number of hydrogen-bond acceptors (Lipinski definition) is 5. The summed E-state index contributed by atoms with van der Waals surface area (Å²) < 4.78 is 6.61. The molecule has 2 rings (SSSR count). The molecule has 0 aliphatic heterocycles. The van der Waals surface area contributed by atoms with Crippen molar-refractivity contribution in [1.29, 1.82) is 0 Å². The predicted octanol–water partition coefficient (Wildman–Crippen LogP) is 1.14. The number of amides is 1. The highest BCUT2D eigenvalue weighted by Crippen LogP contribution is 2.26. The van der Waals surface area contributed by atoms with Crippen molar-refractivity contribution in [3.05, 3.63) is 26.6 Å². The van der Waals surface area contributed by atoms with E-state index in [0.717, 1.165) is 15.3 Å². The average molecular weight is 309 g/mol. The second kappa shape index (κ2) is 6.36. The minimum Gasteiger partial charge on any atom is -0.384 e. The number of thiophene rings is 1. The lowest BCUT2D eigenvalue weighted by atomic mass is 10.2. The van der Waals surface area contributed by atoms with Crippen molar-refractivity contribution < 1.29 is 9.53 Å². The topological polar surface area (TPSA) is 87.2 Å². The number of aromatic nitrogens is 2. The first-order valence-corrected chi connectivity index (χ1v) is 7.54. The highest BCUT2D eigenvalue weighted by Gasteiger charge is 2.16. The first-order valence-electron chi connectivity index (χ1n) is 6.72. The van der Waals surface area contributed by atoms with Crippen molar-refractivity contribution in [2.24, 2.45) is 5.73 Å². The smallest absolute Gasteiger partial charge is 0.262 e. The molecule has 2 heterocycles. The molecule has 21 heavy (non-hydrogen) atoms. The molecule has 2 N–H and O–H groups in total. The molecule has 0 atom stereocenters. The van der Waals surface area contributed by atoms with Crippen LogP contribution in [-0.4, -0.2) is 29.2 Å². The summed E-state index contributed by atoms with van der Waals surface area (Å²) in [6.07, 6.45) is 0.645. The van der Waals surface area contributed by atoms with Gasteiger partial charge in [-0.05, 0) is 19.4 Å². The maximum absolute atomic E-state index is 12.7. The van der Waals surface area contributed by atoms with Crippen LogP contribution in [0, 0.1) is 13.8 Å². The number of carbonyl (C=O) groups is 1. The summed E-state index contributed by atoms with van der Waals surface area (Å²) in [6, 6.07) is 0. The number of rotatable bonds is 6. The van der Waals surface area contributed by atoms with Crippen molar-refractivity contribution >= 4 is 27.5 Å². The number of nitrogens with zero attached hydrogens (tertiary/aromatic N) is 2. The van der Waals surface area contributed by atoms with Crippen molar-refractivity contribution in [3.8, 4) is 0 Å². The molecule has 0 unspecified atom stereocenters. The third-order valence-electron chi connectivity index (χ3n) is 3.48. The number of nitrogens with two attached hydrogens (primary N) is 1. The third-order valence-corrected chi connectivity index (χ3v) is 4.58. The summed E-state index contributed by atoms with van der Waals surface area (Å²) in [7, 11) is 1.60. The Balaban J connectivity index is 2.59. The number of primary amides is 1. The highest BCUT2D eigenvalue weighted by atomic mass is 32.1. The largest absolute Gasteiger partial charge is 0.384 e. The van der Waals surface area contributed by atoms with E-state index in [9.17, 15) is 9.59 Å². The summed E-state index contributed by atoms with van der Waals surface area (Å²) in [5.74, 6) is 0.203. The Hall–Kier alpha value is -1.73. The van der Waals surface area contributed by atoms with E-state index >= 15 is 0 Å². The Labute approximate surface area is 126 Å². The number of aryl methyl sites for hydroxylation is 2. The first kappa shape index (κ1) is 15.7. The molecular weight excluding hydrogens is 290 g/mol. The van der Waals surface area contributed by atoms with Crippen LogP contribution in [-0.2, 0) is 22.5 Å². The molecule has 2 aromatic heterocycles. The zero-order chi connectivity index (χ0) is 15.6. The molecule has 0 radical (unpaired) electrons. The van der Waals surface area contributed by atoms with Gasteiger partial charge in [0.1, 0.15) is 10.7 Å². The van der Waals surface area contributed by atoms with Gasteiger partial charge in [0.15, 0.2) is 0 Å². The number of methoxy groups -OCH3 is 1. The molecule has 7 heteroatoms. The van der Waals surface area contributed by atoms with Gasteiger partial charge in [-0.3, -0.25) is 14.2 Å². The molecular formula is C14H19N3O3S. The van der Waals surface area contributed by atoms with Gasteiger partial charge in [-0.25, -0.2) is 4.98 Å². The highest BCUT2D eigenvalue weighted by molar-refractivity contribution is 7.18. The quantitative estimate of drug-likeness (QED) is 0.867. The summed E-state index contributed by atoms with van der Waals surface area (Å²) >= 11 is 1.52. The molecule has 0 spiro atoms. The molecule has 0 aromatic carbocycles. The monoisotopic (exact) mass is 309 g/mol. The molecule has 0 aliphatic rings. The Morgan fingerprint density at radius 2 is 2.14 bits per heavy atom. The van der Waals surface area contributed by atoms with Gasteiger partial charge in [-0.15, -0.1) is 11.3 Å². The number of fused-ring (bicyclic) bond motifs is 1. The molecule has 2 aromatic rings. The van der Waals surface area contributed by atoms with E-state index in [-0.39, 0.29) is 18.5 Å². The van der Waals surface area contributed by atoms with Gasteiger partial charge in [0.25, 0.3) is 5.56 Å². The van der Waals surface area contributed by atoms with E-state index in [4.69, 9.17) is 10.5 Å². The Morgan fingerprint density at radius 3 is 2.76 bits per heavy atom. The van der Waals surface area contributed by atoms with E-state index in [0.29, 0.717) is 24.2 Å². The minimum atomic E-state index is -0.432. The van der Waals surface area contributed by atoms with Crippen LogP contribution >= 0.6 is 11.3 Å². The van der Waals surface area contributed by atoms with E-state index in [1.165, 1.54) is 11.3 Å². The Kier molecular flexibility index (Phi) is 4.74. The number of carbonyl (C=O) groups excluding carboxylic acids is 1. The maximum atomic E-state index is 12.7. The van der Waals surface area contributed by atoms with Crippen LogP contribution < -0.4 is 11.3 Å². The lowest BCUT2D eigenvalue weighted by molar-refractivity contribution is -0.118. The average Bonchev–Trinajstić information content (AvgIpc) is 2.70. The lowest BCUT2D eigenvalue weighted by Crippen LogP contribution is -2.28. The summed E-state index contributed by atoms with van der Waals surface area (Å²) in [6.45, 7) is 4.62. The van der Waals surface area contributed by atoms with Gasteiger partial charge in [0, 0.05) is 31.4 Å². The van der Waals surface area contributed by atoms with Crippen molar-refractivity contribution in [3.63, 3.8) is 0 Å². The SMILES string of the molecule is COCCc1nc2sc(C)c(C)c2c(=O)n1CCC(N)=O. The fraction of sp³-hybridized carbons (Fsp3) is 0.500. The fourth-order valence-corrected chi connectivity index (χ4v) is 3.24. The van der Waals surface area contributed by atoms with Crippen molar-refractivity contribution in [2.45, 2.75) is 33.2 Å². The fourth-order valence-electron chi connectivity index (χ4n) is 2.21. The van der Waals surface area contributed by atoms with Crippen LogP contribution in [0.15, 0.2) is 4.79 Å². The zero-order valence-corrected chi connectivity index (χ0v) is 13.2. The van der Waals surface area contributed by atoms with Crippen LogP contribution in [0.2, 0.25) is 0 Å². The maximum Gasteiger partial charge on any atom is 0.262 e. The second-order valence-electron chi connectivity index (χ2n) is 4.91. The van der Waals surface area contributed by atoms with Gasteiger partial charge < -0.3 is 10.5 Å². The minimum absolute atomic E-state index is 0.103. The Bertz CT molecular complexity index is 733. The van der Waals surface area contributed by atoms with Gasteiger partial charge in [-0.2, -0.15) is 0 Å². The molecule has 6 nitrogen and oxygen atoms in total. The Morgan fingerprint density at radius 1 is 1.43 bits per heavy atom. The molecule has 0 fully saturated rings. The van der Waals surface area contributed by atoms with Crippen LogP contribution in [0.4, 0.5) is 0 Å². The lowest BCUT2D eigenvalue weighted by Gasteiger charge is -2.11. The third kappa shape index (κ3) is 3.14. The van der Waals surface area contributed by atoms with Crippen molar-refractivity contribution in [2.75, 3.05) is 13.7 Å². The van der Waals surface area contributed by atoms with E-state index in [1.54, 1.807) is 11.7 Å². The van der Waals surface area contributed by atoms with Crippen LogP contribution in [0.5, 0.6) is 0 Å². The zero-order valence-electron chi connectivity index (χ0n) is 12.4. The summed E-state index contributed by atoms with van der Waals surface area (Å²) in [4.78, 5) is 30.1. The van der Waals surface area contributed by atoms with E-state index in [1.807, 2.05) is 13.8 Å². The van der Waals surface area contributed by atoms with Crippen molar-refractivity contribution in [1.82, 2.24) is 9.55 Å². The molecule has 0 saturated heterocycles. The van der Waals surface area contributed by atoms with Crippen LogP contribution in [0.1, 0.15) is 22.7 Å². The summed E-state index contributed by atoms with van der Waals surface area (Å²) in [5, 5.41) is 0.642. The molecule has 1 amide bonds. The normalized spacial score (nSPS) is 11.2. The molecule has 0 aliphatic carbocycles. The molecule has 0 bridgehead atoms. The van der Waals surface area contributed by atoms with Gasteiger partial charge in [-0.1, -0.05) is 0 Å². The number of hydrogen-bond donors (Lipinski definition) is 1. The van der Waals surface area contributed by atoms with E-state index in [2.05, 4.69) is 4.98 Å².